The van der Waals surface area contributed by atoms with Crippen LogP contribution in [0.25, 0.3) is 11.1 Å². The Morgan fingerprint density at radius 3 is 1.88 bits per heavy atom. The number of hydrogen-bond donors (Lipinski definition) is 1. The summed E-state index contributed by atoms with van der Waals surface area (Å²) in [4.78, 5) is 24.5. The number of carbonyl (C=O) groups excluding carboxylic acids is 2. The lowest BCUT2D eigenvalue weighted by Crippen LogP contribution is -2.08. The Bertz CT molecular complexity index is 1010. The van der Waals surface area contributed by atoms with Crippen LogP contribution in [0.1, 0.15) is 53.3 Å². The van der Waals surface area contributed by atoms with E-state index in [-0.39, 0.29) is 5.97 Å². The van der Waals surface area contributed by atoms with Crippen molar-refractivity contribution in [2.75, 3.05) is 19.0 Å². The number of carbonyl (C=O) groups is 2. The minimum atomic E-state index is -0.405. The Morgan fingerprint density at radius 2 is 1.28 bits per heavy atom. The maximum atomic E-state index is 12.3. The Labute approximate surface area is 189 Å². The van der Waals surface area contributed by atoms with Gasteiger partial charge in [-0.25, -0.2) is 9.59 Å². The van der Waals surface area contributed by atoms with E-state index in [0.717, 1.165) is 42.5 Å². The highest BCUT2D eigenvalue weighted by molar-refractivity contribution is 5.91. The second-order valence-electron chi connectivity index (χ2n) is 7.52. The van der Waals surface area contributed by atoms with Gasteiger partial charge in [0.2, 0.25) is 0 Å². The average molecular weight is 432 g/mol. The minimum absolute atomic E-state index is 0.293. The Hall–Kier alpha value is -3.60. The third kappa shape index (κ3) is 6.45. The van der Waals surface area contributed by atoms with Gasteiger partial charge >= 0.3 is 11.9 Å². The number of ether oxygens (including phenoxy) is 2. The van der Waals surface area contributed by atoms with Gasteiger partial charge in [0.1, 0.15) is 5.75 Å². The molecular formula is C27H29NO4. The molecule has 0 unspecified atom stereocenters. The van der Waals surface area contributed by atoms with Gasteiger partial charge in [-0.05, 0) is 66.1 Å². The first-order valence-corrected chi connectivity index (χ1v) is 11.0. The van der Waals surface area contributed by atoms with Crippen LogP contribution in [-0.4, -0.2) is 25.6 Å². The quantitative estimate of drug-likeness (QED) is 0.230. The Kier molecular flexibility index (Phi) is 8.44. The summed E-state index contributed by atoms with van der Waals surface area (Å²) < 4.78 is 10.8. The van der Waals surface area contributed by atoms with Gasteiger partial charge in [-0.15, -0.1) is 0 Å². The molecule has 0 saturated carbocycles. The lowest BCUT2D eigenvalue weighted by atomic mass is 10.0. The second-order valence-corrected chi connectivity index (χ2v) is 7.52. The van der Waals surface area contributed by atoms with Crippen LogP contribution in [0.5, 0.6) is 5.75 Å². The standard InChI is InChI=1S/C27H29NO4/c1-3-4-5-6-19-31-26(29)22-9-7-20(8-10-22)21-13-17-25(18-14-21)32-27(30)23-11-15-24(28-2)16-12-23/h7-18,28H,3-6,19H2,1-2H3. The van der Waals surface area contributed by atoms with E-state index in [2.05, 4.69) is 12.2 Å². The van der Waals surface area contributed by atoms with Crippen LogP contribution < -0.4 is 10.1 Å². The fourth-order valence-corrected chi connectivity index (χ4v) is 3.23. The molecule has 3 aromatic carbocycles. The third-order valence-corrected chi connectivity index (χ3v) is 5.16. The number of hydrogen-bond acceptors (Lipinski definition) is 5. The van der Waals surface area contributed by atoms with Gasteiger partial charge < -0.3 is 14.8 Å². The molecule has 0 aliphatic rings. The minimum Gasteiger partial charge on any atom is -0.462 e. The zero-order valence-electron chi connectivity index (χ0n) is 18.6. The van der Waals surface area contributed by atoms with E-state index in [1.807, 2.05) is 43.4 Å². The van der Waals surface area contributed by atoms with Crippen molar-refractivity contribution in [2.45, 2.75) is 32.6 Å². The van der Waals surface area contributed by atoms with Crippen molar-refractivity contribution in [3.8, 4) is 16.9 Å². The van der Waals surface area contributed by atoms with Crippen LogP contribution in [0.3, 0.4) is 0 Å². The molecule has 0 atom stereocenters. The van der Waals surface area contributed by atoms with Crippen LogP contribution in [0.4, 0.5) is 5.69 Å². The summed E-state index contributed by atoms with van der Waals surface area (Å²) in [6.45, 7) is 2.61. The summed E-state index contributed by atoms with van der Waals surface area (Å²) in [7, 11) is 1.82. The molecule has 5 heteroatoms. The Morgan fingerprint density at radius 1 is 0.719 bits per heavy atom. The topological polar surface area (TPSA) is 64.6 Å². The molecule has 0 saturated heterocycles. The van der Waals surface area contributed by atoms with E-state index in [1.165, 1.54) is 0 Å². The molecule has 0 heterocycles. The summed E-state index contributed by atoms with van der Waals surface area (Å²) in [6, 6.07) is 21.7. The maximum Gasteiger partial charge on any atom is 0.343 e. The lowest BCUT2D eigenvalue weighted by Gasteiger charge is -2.08. The molecular weight excluding hydrogens is 402 g/mol. The van der Waals surface area contributed by atoms with Crippen LogP contribution in [0.15, 0.2) is 72.8 Å². The number of anilines is 1. The van der Waals surface area contributed by atoms with Crippen molar-refractivity contribution in [1.82, 2.24) is 0 Å². The largest absolute Gasteiger partial charge is 0.462 e. The van der Waals surface area contributed by atoms with Crippen molar-refractivity contribution in [3.05, 3.63) is 83.9 Å². The number of unbranched alkanes of at least 4 members (excludes halogenated alkanes) is 3. The van der Waals surface area contributed by atoms with E-state index in [9.17, 15) is 9.59 Å². The molecule has 1 N–H and O–H groups in total. The lowest BCUT2D eigenvalue weighted by molar-refractivity contribution is 0.0497. The molecule has 0 radical (unpaired) electrons. The molecule has 5 nitrogen and oxygen atoms in total. The highest BCUT2D eigenvalue weighted by Crippen LogP contribution is 2.24. The molecule has 3 aromatic rings. The van der Waals surface area contributed by atoms with Gasteiger partial charge in [-0.1, -0.05) is 50.5 Å². The second kappa shape index (κ2) is 11.7. The first-order chi connectivity index (χ1) is 15.6. The van der Waals surface area contributed by atoms with Gasteiger partial charge in [-0.2, -0.15) is 0 Å². The first kappa shape index (κ1) is 23.1. The molecule has 32 heavy (non-hydrogen) atoms. The molecule has 0 spiro atoms. The van der Waals surface area contributed by atoms with Gasteiger partial charge in [-0.3, -0.25) is 0 Å². The summed E-state index contributed by atoms with van der Waals surface area (Å²) >= 11 is 0. The van der Waals surface area contributed by atoms with Gasteiger partial charge in [0, 0.05) is 12.7 Å². The van der Waals surface area contributed by atoms with Crippen molar-refractivity contribution in [2.24, 2.45) is 0 Å². The number of rotatable bonds is 10. The molecule has 3 rings (SSSR count). The molecule has 0 aliphatic heterocycles. The van der Waals surface area contributed by atoms with E-state index in [0.29, 0.717) is 23.5 Å². The van der Waals surface area contributed by atoms with E-state index in [1.54, 1.807) is 36.4 Å². The molecule has 0 aliphatic carbocycles. The zero-order valence-corrected chi connectivity index (χ0v) is 18.6. The van der Waals surface area contributed by atoms with Crippen LogP contribution >= 0.6 is 0 Å². The smallest absolute Gasteiger partial charge is 0.343 e. The normalized spacial score (nSPS) is 10.4. The van der Waals surface area contributed by atoms with E-state index >= 15 is 0 Å². The fraction of sp³-hybridized carbons (Fsp3) is 0.259. The maximum absolute atomic E-state index is 12.3. The van der Waals surface area contributed by atoms with Crippen molar-refractivity contribution < 1.29 is 19.1 Å². The van der Waals surface area contributed by atoms with Gasteiger partial charge in [0.15, 0.2) is 0 Å². The zero-order chi connectivity index (χ0) is 22.8. The number of esters is 2. The molecule has 0 amide bonds. The first-order valence-electron chi connectivity index (χ1n) is 11.0. The molecule has 0 aromatic heterocycles. The summed E-state index contributed by atoms with van der Waals surface area (Å²) in [6.07, 6.45) is 4.30. The summed E-state index contributed by atoms with van der Waals surface area (Å²) in [5.41, 5.74) is 3.88. The molecule has 0 fully saturated rings. The van der Waals surface area contributed by atoms with Crippen LogP contribution in [0.2, 0.25) is 0 Å². The van der Waals surface area contributed by atoms with Crippen LogP contribution in [-0.2, 0) is 4.74 Å². The van der Waals surface area contributed by atoms with Gasteiger partial charge in [0.25, 0.3) is 0 Å². The SMILES string of the molecule is CCCCCCOC(=O)c1ccc(-c2ccc(OC(=O)c3ccc(NC)cc3)cc2)cc1. The van der Waals surface area contributed by atoms with Crippen molar-refractivity contribution >= 4 is 17.6 Å². The highest BCUT2D eigenvalue weighted by Gasteiger charge is 2.10. The summed E-state index contributed by atoms with van der Waals surface area (Å²) in [5, 5.41) is 3.01. The van der Waals surface area contributed by atoms with Crippen molar-refractivity contribution in [1.29, 1.82) is 0 Å². The van der Waals surface area contributed by atoms with Crippen molar-refractivity contribution in [3.63, 3.8) is 0 Å². The van der Waals surface area contributed by atoms with E-state index < -0.39 is 5.97 Å². The predicted octanol–water partition coefficient (Wildman–Crippen LogP) is 6.35. The fourth-order valence-electron chi connectivity index (χ4n) is 3.23. The highest BCUT2D eigenvalue weighted by atomic mass is 16.5. The molecule has 166 valence electrons. The Balaban J connectivity index is 1.56. The van der Waals surface area contributed by atoms with Crippen LogP contribution in [0, 0.1) is 0 Å². The number of benzene rings is 3. The molecule has 0 bridgehead atoms. The monoisotopic (exact) mass is 431 g/mol. The average Bonchev–Trinajstić information content (AvgIpc) is 2.84. The summed E-state index contributed by atoms with van der Waals surface area (Å²) in [5.74, 6) is -0.226. The third-order valence-electron chi connectivity index (χ3n) is 5.16. The van der Waals surface area contributed by atoms with Gasteiger partial charge in [0.05, 0.1) is 17.7 Å². The predicted molar refractivity (Wildman–Crippen MR) is 127 cm³/mol. The van der Waals surface area contributed by atoms with E-state index in [4.69, 9.17) is 9.47 Å². The number of nitrogens with one attached hydrogen (secondary N) is 1.